The Bertz CT molecular complexity index is 3590. The third-order valence-corrected chi connectivity index (χ3v) is 12.7. The maximum Gasteiger partial charge on any atom is 0.164 e. The van der Waals surface area contributed by atoms with Gasteiger partial charge in [-0.2, -0.15) is 0 Å². The molecule has 0 radical (unpaired) electrons. The second-order valence-electron chi connectivity index (χ2n) is 15.2. The molecule has 0 unspecified atom stereocenters. The number of thiophene rings is 1. The van der Waals surface area contributed by atoms with Crippen molar-refractivity contribution in [1.29, 1.82) is 0 Å². The highest BCUT2D eigenvalue weighted by Gasteiger charge is 2.24. The highest BCUT2D eigenvalue weighted by molar-refractivity contribution is 7.26. The van der Waals surface area contributed by atoms with Crippen molar-refractivity contribution in [2.24, 2.45) is 0 Å². The number of benzene rings is 9. The predicted octanol–water partition coefficient (Wildman–Crippen LogP) is 15.4. The van der Waals surface area contributed by atoms with Crippen LogP contribution in [0.2, 0.25) is 0 Å². The molecule has 3 heterocycles. The first-order chi connectivity index (χ1) is 30.2. The van der Waals surface area contributed by atoms with Crippen molar-refractivity contribution in [3.8, 4) is 45.3 Å². The van der Waals surface area contributed by atoms with Gasteiger partial charge in [0.25, 0.3) is 0 Å². The predicted molar refractivity (Wildman–Crippen MR) is 254 cm³/mol. The lowest BCUT2D eigenvalue weighted by Crippen LogP contribution is -2.10. The lowest BCUT2D eigenvalue weighted by atomic mass is 10.0. The molecule has 0 bridgehead atoms. The van der Waals surface area contributed by atoms with Gasteiger partial charge in [0.05, 0.1) is 16.1 Å². The Hall–Kier alpha value is -7.93. The van der Waals surface area contributed by atoms with Gasteiger partial charge in [0.2, 0.25) is 0 Å². The number of para-hydroxylation sites is 1. The van der Waals surface area contributed by atoms with Crippen LogP contribution in [0, 0.1) is 0 Å². The fraction of sp³-hybridized carbons (Fsp3) is 0. The van der Waals surface area contributed by atoms with Crippen molar-refractivity contribution in [1.82, 2.24) is 15.0 Å². The highest BCUT2D eigenvalue weighted by Crippen LogP contribution is 2.48. The molecule has 0 amide bonds. The molecule has 0 spiro atoms. The summed E-state index contributed by atoms with van der Waals surface area (Å²) in [7, 11) is 0. The summed E-state index contributed by atoms with van der Waals surface area (Å²) in [6, 6.07) is 72.1. The van der Waals surface area contributed by atoms with Crippen LogP contribution in [0.5, 0.6) is 0 Å². The first-order valence-electron chi connectivity index (χ1n) is 20.3. The van der Waals surface area contributed by atoms with Crippen LogP contribution in [-0.2, 0) is 0 Å². The van der Waals surface area contributed by atoms with Crippen molar-refractivity contribution in [3.05, 3.63) is 206 Å². The van der Waals surface area contributed by atoms with Crippen LogP contribution in [0.25, 0.3) is 98.2 Å². The van der Waals surface area contributed by atoms with Crippen LogP contribution in [0.1, 0.15) is 0 Å². The summed E-state index contributed by atoms with van der Waals surface area (Å²) in [5, 5.41) is 6.62. The fourth-order valence-electron chi connectivity index (χ4n) is 8.67. The summed E-state index contributed by atoms with van der Waals surface area (Å²) in [6.45, 7) is 0. The van der Waals surface area contributed by atoms with E-state index in [1.165, 1.54) is 25.7 Å². The van der Waals surface area contributed by atoms with Gasteiger partial charge in [-0.1, -0.05) is 164 Å². The van der Waals surface area contributed by atoms with Gasteiger partial charge in [0.1, 0.15) is 11.2 Å². The molecule has 12 aromatic rings. The fourth-order valence-corrected chi connectivity index (χ4v) is 9.87. The Kier molecular flexibility index (Phi) is 8.28. The zero-order chi connectivity index (χ0) is 40.3. The molecule has 61 heavy (non-hydrogen) atoms. The van der Waals surface area contributed by atoms with Gasteiger partial charge in [-0.05, 0) is 58.3 Å². The molecule has 0 aliphatic rings. The standard InChI is InChI=1S/C55H34N4OS/c1-3-15-35(16-4-1)36-29-31-39(32-30-36)59(47-26-14-24-43-42-22-10-12-28-50(42)61-52(43)47)40-33-46(51-45-23-9-11-27-48(45)60-49(51)34-40)55-57-53(38-18-5-2-6-19-38)56-54(58-55)44-25-13-20-37-17-7-8-21-41(37)44/h1-34H. The lowest BCUT2D eigenvalue weighted by Gasteiger charge is -2.27. The Morgan fingerprint density at radius 1 is 0.393 bits per heavy atom. The molecule has 0 N–H and O–H groups in total. The third kappa shape index (κ3) is 6.04. The van der Waals surface area contributed by atoms with Crippen LogP contribution in [-0.4, -0.2) is 15.0 Å². The minimum Gasteiger partial charge on any atom is -0.456 e. The van der Waals surface area contributed by atoms with Gasteiger partial charge in [0, 0.05) is 54.7 Å². The molecule has 0 fully saturated rings. The molecular weight excluding hydrogens is 765 g/mol. The number of nitrogens with zero attached hydrogens (tertiary/aromatic N) is 4. The van der Waals surface area contributed by atoms with E-state index in [1.807, 2.05) is 41.7 Å². The number of furan rings is 1. The molecule has 3 aromatic heterocycles. The Morgan fingerprint density at radius 2 is 1.00 bits per heavy atom. The zero-order valence-corrected chi connectivity index (χ0v) is 33.6. The van der Waals surface area contributed by atoms with Gasteiger partial charge in [-0.15, -0.1) is 11.3 Å². The normalized spacial score (nSPS) is 11.6. The van der Waals surface area contributed by atoms with E-state index in [4.69, 9.17) is 19.4 Å². The van der Waals surface area contributed by atoms with Crippen molar-refractivity contribution in [3.63, 3.8) is 0 Å². The minimum absolute atomic E-state index is 0.564. The van der Waals surface area contributed by atoms with Gasteiger partial charge in [-0.25, -0.2) is 15.0 Å². The van der Waals surface area contributed by atoms with E-state index < -0.39 is 0 Å². The summed E-state index contributed by atoms with van der Waals surface area (Å²) in [5.74, 6) is 1.77. The van der Waals surface area contributed by atoms with E-state index in [2.05, 4.69) is 181 Å². The van der Waals surface area contributed by atoms with Crippen LogP contribution in [0.15, 0.2) is 211 Å². The molecular formula is C55H34N4OS. The van der Waals surface area contributed by atoms with E-state index in [0.29, 0.717) is 17.5 Å². The molecule has 0 atom stereocenters. The Labute approximate surface area is 355 Å². The summed E-state index contributed by atoms with van der Waals surface area (Å²) >= 11 is 1.82. The molecule has 286 valence electrons. The van der Waals surface area contributed by atoms with Crippen LogP contribution >= 0.6 is 11.3 Å². The molecule has 5 nitrogen and oxygen atoms in total. The van der Waals surface area contributed by atoms with E-state index in [-0.39, 0.29) is 0 Å². The van der Waals surface area contributed by atoms with Crippen molar-refractivity contribution < 1.29 is 4.42 Å². The number of rotatable bonds is 7. The average molecular weight is 799 g/mol. The van der Waals surface area contributed by atoms with Gasteiger partial charge < -0.3 is 9.32 Å². The first-order valence-corrected chi connectivity index (χ1v) is 21.2. The van der Waals surface area contributed by atoms with Gasteiger partial charge in [-0.3, -0.25) is 0 Å². The van der Waals surface area contributed by atoms with E-state index in [0.717, 1.165) is 72.0 Å². The monoisotopic (exact) mass is 798 g/mol. The number of hydrogen-bond donors (Lipinski definition) is 0. The summed E-state index contributed by atoms with van der Waals surface area (Å²) in [4.78, 5) is 18.2. The quantitative estimate of drug-likeness (QED) is 0.161. The lowest BCUT2D eigenvalue weighted by molar-refractivity contribution is 0.669. The molecule has 6 heteroatoms. The van der Waals surface area contributed by atoms with Crippen molar-refractivity contribution >= 4 is 81.3 Å². The second-order valence-corrected chi connectivity index (χ2v) is 16.2. The maximum atomic E-state index is 6.78. The SMILES string of the molecule is c1ccc(-c2ccc(N(c3cc(-c4nc(-c5ccccc5)nc(-c5cccc6ccccc56)n4)c4c(c3)oc3ccccc34)c3cccc4c3sc3ccccc34)cc2)cc1. The minimum atomic E-state index is 0.564. The molecule has 0 saturated heterocycles. The Morgan fingerprint density at radius 3 is 1.82 bits per heavy atom. The molecule has 9 aromatic carbocycles. The van der Waals surface area contributed by atoms with E-state index in [1.54, 1.807) is 0 Å². The van der Waals surface area contributed by atoms with E-state index >= 15 is 0 Å². The molecule has 0 aliphatic heterocycles. The van der Waals surface area contributed by atoms with Crippen LogP contribution < -0.4 is 4.90 Å². The maximum absolute atomic E-state index is 6.78. The smallest absolute Gasteiger partial charge is 0.164 e. The molecule has 12 rings (SSSR count). The van der Waals surface area contributed by atoms with Gasteiger partial charge >= 0.3 is 0 Å². The van der Waals surface area contributed by atoms with Crippen LogP contribution in [0.3, 0.4) is 0 Å². The van der Waals surface area contributed by atoms with Crippen LogP contribution in [0.4, 0.5) is 17.1 Å². The first kappa shape index (κ1) is 35.1. The number of aromatic nitrogens is 3. The highest BCUT2D eigenvalue weighted by atomic mass is 32.1. The summed E-state index contributed by atoms with van der Waals surface area (Å²) < 4.78 is 9.23. The van der Waals surface area contributed by atoms with Crippen molar-refractivity contribution in [2.45, 2.75) is 0 Å². The summed E-state index contributed by atoms with van der Waals surface area (Å²) in [5.41, 5.74) is 9.59. The van der Waals surface area contributed by atoms with E-state index in [9.17, 15) is 0 Å². The van der Waals surface area contributed by atoms with Crippen molar-refractivity contribution in [2.75, 3.05) is 4.90 Å². The average Bonchev–Trinajstić information content (AvgIpc) is 3.91. The number of anilines is 3. The van der Waals surface area contributed by atoms with Gasteiger partial charge in [0.15, 0.2) is 17.5 Å². The third-order valence-electron chi connectivity index (χ3n) is 11.5. The Balaban J connectivity index is 1.15. The zero-order valence-electron chi connectivity index (χ0n) is 32.7. The summed E-state index contributed by atoms with van der Waals surface area (Å²) in [6.07, 6.45) is 0. The molecule has 0 saturated carbocycles. The number of hydrogen-bond acceptors (Lipinski definition) is 6. The number of fused-ring (bicyclic) bond motifs is 7. The topological polar surface area (TPSA) is 55.1 Å². The largest absolute Gasteiger partial charge is 0.456 e. The molecule has 0 aliphatic carbocycles. The second kappa shape index (κ2) is 14.4.